The Morgan fingerprint density at radius 2 is 1.92 bits per heavy atom. The average molecular weight is 525 g/mol. The smallest absolute Gasteiger partial charge is 0.219 e. The van der Waals surface area contributed by atoms with Crippen LogP contribution in [-0.4, -0.2) is 75.4 Å². The zero-order valence-corrected chi connectivity index (χ0v) is 22.2. The second-order valence-electron chi connectivity index (χ2n) is 9.86. The summed E-state index contributed by atoms with van der Waals surface area (Å²) in [5.74, 6) is 1.90. The van der Waals surface area contributed by atoms with Crippen molar-refractivity contribution in [3.05, 3.63) is 78.1 Å². The van der Waals surface area contributed by atoms with Crippen molar-refractivity contribution in [2.75, 3.05) is 39.4 Å². The highest BCUT2D eigenvalue weighted by molar-refractivity contribution is 5.73. The number of hydrogen-bond donors (Lipinski definition) is 1. The Bertz CT molecular complexity index is 1190. The second kappa shape index (κ2) is 12.9. The van der Waals surface area contributed by atoms with Gasteiger partial charge in [0.2, 0.25) is 5.91 Å². The highest BCUT2D eigenvalue weighted by Gasteiger charge is 2.37. The van der Waals surface area contributed by atoms with Gasteiger partial charge >= 0.3 is 0 Å². The third-order valence-corrected chi connectivity index (χ3v) is 6.69. The molecule has 0 saturated carbocycles. The number of rotatable bonds is 11. The largest absolute Gasteiger partial charge is 0.494 e. The van der Waals surface area contributed by atoms with Gasteiger partial charge in [0, 0.05) is 58.5 Å². The van der Waals surface area contributed by atoms with E-state index >= 15 is 0 Å². The number of aromatic nitrogens is 2. The van der Waals surface area contributed by atoms with Gasteiger partial charge in [-0.3, -0.25) is 9.69 Å². The van der Waals surface area contributed by atoms with Crippen molar-refractivity contribution in [3.8, 4) is 11.5 Å². The number of carbonyl (C=O) groups is 1. The number of amides is 1. The Kier molecular flexibility index (Phi) is 9.36. The van der Waals surface area contributed by atoms with Crippen LogP contribution in [0.25, 0.3) is 0 Å². The summed E-state index contributed by atoms with van der Waals surface area (Å²) in [6.45, 7) is 7.27. The van der Waals surface area contributed by atoms with Crippen LogP contribution in [0.1, 0.15) is 31.7 Å². The van der Waals surface area contributed by atoms with E-state index < -0.39 is 5.60 Å². The van der Waals surface area contributed by atoms with Crippen LogP contribution in [-0.2, 0) is 24.3 Å². The van der Waals surface area contributed by atoms with E-state index in [0.29, 0.717) is 38.5 Å². The van der Waals surface area contributed by atoms with E-state index in [0.717, 1.165) is 36.5 Å². The molecule has 1 N–H and O–H groups in total. The molecule has 3 aromatic rings. The number of imidazole rings is 1. The molecule has 0 aliphatic carbocycles. The fourth-order valence-electron chi connectivity index (χ4n) is 4.76. The third-order valence-electron chi connectivity index (χ3n) is 6.69. The third kappa shape index (κ3) is 7.79. The number of nitrogens with zero attached hydrogens (tertiary/aromatic N) is 4. The van der Waals surface area contributed by atoms with Crippen LogP contribution in [0.5, 0.6) is 11.5 Å². The maximum atomic E-state index is 13.2. The molecule has 0 radical (unpaired) electrons. The van der Waals surface area contributed by atoms with Gasteiger partial charge in [-0.05, 0) is 48.4 Å². The van der Waals surface area contributed by atoms with Crippen molar-refractivity contribution in [1.29, 1.82) is 0 Å². The first kappa shape index (κ1) is 27.6. The summed E-state index contributed by atoms with van der Waals surface area (Å²) in [6, 6.07) is 13.7. The lowest BCUT2D eigenvalue weighted by Gasteiger charge is -2.32. The van der Waals surface area contributed by atoms with Crippen LogP contribution in [0.2, 0.25) is 0 Å². The van der Waals surface area contributed by atoms with E-state index in [2.05, 4.69) is 21.4 Å². The number of ether oxygens (including phenoxy) is 2. The van der Waals surface area contributed by atoms with E-state index in [-0.39, 0.29) is 24.9 Å². The maximum absolute atomic E-state index is 13.2. The molecule has 1 aliphatic heterocycles. The number of carbonyl (C=O) groups excluding carboxylic acids is 1. The zero-order valence-electron chi connectivity index (χ0n) is 22.2. The molecule has 0 unspecified atom stereocenters. The fraction of sp³-hybridized carbons (Fsp3) is 0.448. The first-order chi connectivity index (χ1) is 18.3. The molecular formula is C29H37FN4O4. The lowest BCUT2D eigenvalue weighted by atomic mass is 10.0. The summed E-state index contributed by atoms with van der Waals surface area (Å²) < 4.78 is 27.2. The van der Waals surface area contributed by atoms with Crippen LogP contribution in [0.3, 0.4) is 0 Å². The molecule has 2 heterocycles. The molecule has 0 bridgehead atoms. The summed E-state index contributed by atoms with van der Waals surface area (Å²) in [5, 5.41) is 11.5. The lowest BCUT2D eigenvalue weighted by Crippen LogP contribution is -2.51. The topological polar surface area (TPSA) is 80.1 Å². The van der Waals surface area contributed by atoms with E-state index in [1.54, 1.807) is 4.90 Å². The lowest BCUT2D eigenvalue weighted by molar-refractivity contribution is -0.132. The number of aryl methyl sites for hydroxylation is 2. The van der Waals surface area contributed by atoms with Crippen LogP contribution in [0, 0.1) is 5.82 Å². The minimum atomic E-state index is -1.28. The van der Waals surface area contributed by atoms with Gasteiger partial charge in [-0.15, -0.1) is 0 Å². The first-order valence-electron chi connectivity index (χ1n) is 13.1. The highest BCUT2D eigenvalue weighted by Crippen LogP contribution is 2.21. The molecule has 38 heavy (non-hydrogen) atoms. The summed E-state index contributed by atoms with van der Waals surface area (Å²) in [5.41, 5.74) is -0.224. The zero-order chi connectivity index (χ0) is 27.0. The van der Waals surface area contributed by atoms with Gasteiger partial charge in [0.1, 0.15) is 35.3 Å². The molecule has 204 valence electrons. The van der Waals surface area contributed by atoms with Gasteiger partial charge in [-0.2, -0.15) is 0 Å². The summed E-state index contributed by atoms with van der Waals surface area (Å²) in [4.78, 5) is 20.3. The molecule has 1 saturated heterocycles. The van der Waals surface area contributed by atoms with Crippen molar-refractivity contribution < 1.29 is 23.8 Å². The number of hydrogen-bond acceptors (Lipinski definition) is 6. The van der Waals surface area contributed by atoms with Crippen LogP contribution in [0.4, 0.5) is 4.39 Å². The van der Waals surface area contributed by atoms with Gasteiger partial charge in [0.25, 0.3) is 0 Å². The first-order valence-corrected chi connectivity index (χ1v) is 13.1. The minimum Gasteiger partial charge on any atom is -0.494 e. The predicted octanol–water partition coefficient (Wildman–Crippen LogP) is 3.53. The van der Waals surface area contributed by atoms with Gasteiger partial charge in [0.15, 0.2) is 0 Å². The van der Waals surface area contributed by atoms with Crippen molar-refractivity contribution in [2.45, 2.75) is 45.4 Å². The average Bonchev–Trinajstić information content (AvgIpc) is 3.29. The van der Waals surface area contributed by atoms with Crippen molar-refractivity contribution in [3.63, 3.8) is 0 Å². The Hall–Kier alpha value is -3.43. The summed E-state index contributed by atoms with van der Waals surface area (Å²) in [7, 11) is 0. The predicted molar refractivity (Wildman–Crippen MR) is 143 cm³/mol. The second-order valence-corrected chi connectivity index (χ2v) is 9.86. The molecule has 2 aromatic carbocycles. The molecule has 1 aliphatic rings. The van der Waals surface area contributed by atoms with Crippen molar-refractivity contribution in [2.24, 2.45) is 0 Å². The van der Waals surface area contributed by atoms with Crippen molar-refractivity contribution >= 4 is 5.91 Å². The van der Waals surface area contributed by atoms with Crippen LogP contribution in [0.15, 0.2) is 60.9 Å². The maximum Gasteiger partial charge on any atom is 0.219 e. The summed E-state index contributed by atoms with van der Waals surface area (Å²) >= 11 is 0. The molecule has 8 nitrogen and oxygen atoms in total. The Morgan fingerprint density at radius 3 is 2.68 bits per heavy atom. The molecule has 1 aromatic heterocycles. The minimum absolute atomic E-state index is 0.0152. The Labute approximate surface area is 223 Å². The Balaban J connectivity index is 1.35. The van der Waals surface area contributed by atoms with Gasteiger partial charge in [-0.1, -0.05) is 19.1 Å². The molecule has 0 spiro atoms. The van der Waals surface area contributed by atoms with Gasteiger partial charge in [-0.25, -0.2) is 9.37 Å². The molecule has 1 atom stereocenters. The van der Waals surface area contributed by atoms with Crippen LogP contribution >= 0.6 is 0 Å². The highest BCUT2D eigenvalue weighted by atomic mass is 19.1. The number of aliphatic hydroxyl groups is 1. The number of halogens is 1. The summed E-state index contributed by atoms with van der Waals surface area (Å²) in [6.07, 6.45) is 5.61. The van der Waals surface area contributed by atoms with Gasteiger partial charge in [0.05, 0.1) is 13.2 Å². The molecule has 1 amide bonds. The standard InChI is InChI=1S/C29H37FN4O4/c1-3-28-31-12-14-33(28)13-5-17-37-27-7-4-6-24(18-27)19-32-15-16-34(23(2)35)21-29(36,20-32)22-38-26-10-8-25(30)9-11-26/h4,6-12,14,18,36H,3,5,13,15-17,19-22H2,1-2H3/t29-/m1/s1. The van der Waals surface area contributed by atoms with E-state index in [4.69, 9.17) is 9.47 Å². The van der Waals surface area contributed by atoms with Crippen molar-refractivity contribution in [1.82, 2.24) is 19.4 Å². The molecule has 1 fully saturated rings. The SMILES string of the molecule is CCc1nccn1CCCOc1cccc(CN2CCN(C(C)=O)C[C@@](O)(COc3ccc(F)cc3)C2)c1. The number of benzene rings is 2. The van der Waals surface area contributed by atoms with Crippen LogP contribution < -0.4 is 9.47 Å². The quantitative estimate of drug-likeness (QED) is 0.387. The molecular weight excluding hydrogens is 487 g/mol. The van der Waals surface area contributed by atoms with Gasteiger partial charge < -0.3 is 24.0 Å². The molecule has 4 rings (SSSR count). The molecule has 9 heteroatoms. The normalized spacial score (nSPS) is 18.3. The monoisotopic (exact) mass is 524 g/mol. The van der Waals surface area contributed by atoms with E-state index in [1.807, 2.05) is 36.7 Å². The Morgan fingerprint density at radius 1 is 1.11 bits per heavy atom. The van der Waals surface area contributed by atoms with E-state index in [9.17, 15) is 14.3 Å². The number of β-amino-alcohol motifs (C(OH)–C–C–N with tert-alkyl or cyclic N) is 1. The van der Waals surface area contributed by atoms with E-state index in [1.165, 1.54) is 31.2 Å². The fourth-order valence-corrected chi connectivity index (χ4v) is 4.76.